The molecule has 1 fully saturated rings. The van der Waals surface area contributed by atoms with E-state index in [0.29, 0.717) is 6.10 Å². The van der Waals surface area contributed by atoms with Gasteiger partial charge >= 0.3 is 0 Å². The van der Waals surface area contributed by atoms with Crippen molar-refractivity contribution in [2.24, 2.45) is 0 Å². The Morgan fingerprint density at radius 3 is 1.90 bits per heavy atom. The third-order valence-corrected chi connectivity index (χ3v) is 8.67. The van der Waals surface area contributed by atoms with Gasteiger partial charge in [-0.05, 0) is 69.5 Å². The highest BCUT2D eigenvalue weighted by Gasteiger charge is 2.14. The highest BCUT2D eigenvalue weighted by molar-refractivity contribution is 7.79. The summed E-state index contributed by atoms with van der Waals surface area (Å²) in [5.74, 6) is 1.46. The molecule has 1 heterocycles. The van der Waals surface area contributed by atoms with Crippen LogP contribution in [0.15, 0.2) is 0 Å². The van der Waals surface area contributed by atoms with E-state index >= 15 is 0 Å². The summed E-state index contributed by atoms with van der Waals surface area (Å²) in [7, 11) is 0. The smallest absolute Gasteiger partial charge is 0.115 e. The van der Waals surface area contributed by atoms with Gasteiger partial charge in [0, 0.05) is 6.61 Å². The van der Waals surface area contributed by atoms with Crippen molar-refractivity contribution in [2.45, 2.75) is 166 Å². The second-order valence-electron chi connectivity index (χ2n) is 9.84. The van der Waals surface area contributed by atoms with Crippen LogP contribution < -0.4 is 0 Å². The van der Waals surface area contributed by atoms with Gasteiger partial charge in [-0.15, -0.1) is 0 Å². The summed E-state index contributed by atoms with van der Waals surface area (Å²) in [6, 6.07) is 0. The second-order valence-corrected chi connectivity index (χ2v) is 11.4. The maximum atomic E-state index is 5.83. The summed E-state index contributed by atoms with van der Waals surface area (Å²) < 4.78 is 5.83. The van der Waals surface area contributed by atoms with Gasteiger partial charge in [-0.1, -0.05) is 97.3 Å². The number of thiol groups is 1. The molecule has 0 amide bonds. The first-order valence-corrected chi connectivity index (χ1v) is 15.3. The zero-order valence-corrected chi connectivity index (χ0v) is 21.9. The van der Waals surface area contributed by atoms with Gasteiger partial charge in [0.1, 0.15) is 11.0 Å². The van der Waals surface area contributed by atoms with Crippen LogP contribution in [-0.2, 0) is 16.5 Å². The summed E-state index contributed by atoms with van der Waals surface area (Å²) in [6.07, 6.45) is 32.0. The minimum absolute atomic E-state index is 0.598. The molecule has 1 nitrogen and oxygen atoms in total. The van der Waals surface area contributed by atoms with E-state index in [1.807, 2.05) is 0 Å². The number of unbranched alkanes of at least 4 members (excludes halogenated alkanes) is 14. The first kappa shape index (κ1) is 28.3. The summed E-state index contributed by atoms with van der Waals surface area (Å²) in [4.78, 5) is 0. The van der Waals surface area contributed by atoms with Crippen LogP contribution in [0.3, 0.4) is 0 Å². The Kier molecular flexibility index (Phi) is 21.3. The van der Waals surface area contributed by atoms with Gasteiger partial charge in [0.2, 0.25) is 0 Å². The second kappa shape index (κ2) is 22.5. The predicted octanol–water partition coefficient (Wildman–Crippen LogP) is 9.19. The topological polar surface area (TPSA) is 9.23 Å². The van der Waals surface area contributed by atoms with E-state index in [1.165, 1.54) is 147 Å². The van der Waals surface area contributed by atoms with Gasteiger partial charge in [-0.2, -0.15) is 0 Å². The van der Waals surface area contributed by atoms with Crippen molar-refractivity contribution in [1.29, 1.82) is 0 Å². The zero-order valence-electron chi connectivity index (χ0n) is 21.0. The van der Waals surface area contributed by atoms with Crippen LogP contribution in [0.5, 0.6) is 0 Å². The largest absolute Gasteiger partial charge is 0.378 e. The SMILES string of the molecule is CCCCCCCCCC(CC)[SH+]CCCCCCCCCCCC1CCCCO1. The molecule has 0 aromatic heterocycles. The lowest BCUT2D eigenvalue weighted by molar-refractivity contribution is 0.00977. The lowest BCUT2D eigenvalue weighted by atomic mass is 10.0. The molecule has 0 saturated carbocycles. The molecule has 1 saturated heterocycles. The van der Waals surface area contributed by atoms with Crippen molar-refractivity contribution in [3.63, 3.8) is 0 Å². The number of hydrogen-bond acceptors (Lipinski definition) is 1. The Balaban J connectivity index is 1.76. The molecule has 30 heavy (non-hydrogen) atoms. The molecule has 0 spiro atoms. The summed E-state index contributed by atoms with van der Waals surface area (Å²) >= 11 is 1.76. The van der Waals surface area contributed by atoms with Crippen molar-refractivity contribution in [3.8, 4) is 0 Å². The monoisotopic (exact) mass is 441 g/mol. The third kappa shape index (κ3) is 17.9. The van der Waals surface area contributed by atoms with Gasteiger partial charge < -0.3 is 4.74 Å². The molecule has 0 aliphatic carbocycles. The Bertz CT molecular complexity index is 327. The van der Waals surface area contributed by atoms with Gasteiger partial charge in [-0.3, -0.25) is 0 Å². The van der Waals surface area contributed by atoms with E-state index in [0.717, 1.165) is 11.9 Å². The summed E-state index contributed by atoms with van der Waals surface area (Å²) in [5.41, 5.74) is 0. The molecule has 2 atom stereocenters. The molecule has 1 rings (SSSR count). The number of rotatable bonds is 22. The van der Waals surface area contributed by atoms with E-state index in [1.54, 1.807) is 11.8 Å². The van der Waals surface area contributed by atoms with E-state index in [9.17, 15) is 0 Å². The normalized spacial score (nSPS) is 18.0. The quantitative estimate of drug-likeness (QED) is 0.0924. The summed E-state index contributed by atoms with van der Waals surface area (Å²) in [5, 5.41) is 0.986. The number of ether oxygens (including phenoxy) is 1. The van der Waals surface area contributed by atoms with Crippen LogP contribution in [0.4, 0.5) is 0 Å². The molecule has 0 radical (unpaired) electrons. The number of hydrogen-bond donors (Lipinski definition) is 0. The highest BCUT2D eigenvalue weighted by atomic mass is 32.2. The zero-order chi connectivity index (χ0) is 21.5. The predicted molar refractivity (Wildman–Crippen MR) is 140 cm³/mol. The molecule has 1 aliphatic rings. The Hall–Kier alpha value is 0.310. The minimum Gasteiger partial charge on any atom is -0.378 e. The van der Waals surface area contributed by atoms with Crippen molar-refractivity contribution >= 4 is 11.8 Å². The van der Waals surface area contributed by atoms with E-state index in [-0.39, 0.29) is 0 Å². The fourth-order valence-electron chi connectivity index (χ4n) is 4.79. The first-order chi connectivity index (χ1) is 14.9. The van der Waals surface area contributed by atoms with Crippen molar-refractivity contribution in [1.82, 2.24) is 0 Å². The standard InChI is InChI=1S/C28H56OS/c1-3-5-6-7-11-15-18-24-28(4-2)30-26-21-16-13-10-8-9-12-14-17-22-27-23-19-20-25-29-27/h27-28H,3-26H2,1-2H3/p+1. The van der Waals surface area contributed by atoms with Crippen LogP contribution in [0, 0.1) is 0 Å². The molecule has 0 aromatic rings. The maximum absolute atomic E-state index is 5.83. The Labute approximate surface area is 195 Å². The lowest BCUT2D eigenvalue weighted by Crippen LogP contribution is -2.18. The van der Waals surface area contributed by atoms with E-state index in [2.05, 4.69) is 13.8 Å². The molecule has 0 bridgehead atoms. The first-order valence-electron chi connectivity index (χ1n) is 14.1. The van der Waals surface area contributed by atoms with Gasteiger partial charge in [0.25, 0.3) is 0 Å². The fourth-order valence-corrected chi connectivity index (χ4v) is 6.19. The molecule has 0 aromatic carbocycles. The summed E-state index contributed by atoms with van der Waals surface area (Å²) in [6.45, 7) is 5.73. The van der Waals surface area contributed by atoms with Crippen LogP contribution in [-0.4, -0.2) is 23.7 Å². The fraction of sp³-hybridized carbons (Fsp3) is 1.00. The molecule has 2 heteroatoms. The van der Waals surface area contributed by atoms with Crippen LogP contribution in [0.2, 0.25) is 0 Å². The molecular formula is C28H57OS+. The van der Waals surface area contributed by atoms with Crippen molar-refractivity contribution in [2.75, 3.05) is 12.4 Å². The van der Waals surface area contributed by atoms with Crippen molar-refractivity contribution < 1.29 is 4.74 Å². The maximum Gasteiger partial charge on any atom is 0.115 e. The molecule has 1 aliphatic heterocycles. The van der Waals surface area contributed by atoms with E-state index in [4.69, 9.17) is 4.74 Å². The Morgan fingerprint density at radius 2 is 1.30 bits per heavy atom. The van der Waals surface area contributed by atoms with Gasteiger partial charge in [0.15, 0.2) is 0 Å². The van der Waals surface area contributed by atoms with Crippen LogP contribution in [0.1, 0.15) is 155 Å². The van der Waals surface area contributed by atoms with Gasteiger partial charge in [-0.25, -0.2) is 0 Å². The van der Waals surface area contributed by atoms with Crippen LogP contribution >= 0.6 is 0 Å². The minimum atomic E-state index is 0.598. The van der Waals surface area contributed by atoms with E-state index < -0.39 is 0 Å². The molecule has 2 unspecified atom stereocenters. The highest BCUT2D eigenvalue weighted by Crippen LogP contribution is 2.19. The molecule has 180 valence electrons. The Morgan fingerprint density at radius 1 is 0.700 bits per heavy atom. The average molecular weight is 442 g/mol. The van der Waals surface area contributed by atoms with Crippen molar-refractivity contribution in [3.05, 3.63) is 0 Å². The third-order valence-electron chi connectivity index (χ3n) is 6.96. The van der Waals surface area contributed by atoms with Crippen LogP contribution in [0.25, 0.3) is 0 Å². The lowest BCUT2D eigenvalue weighted by Gasteiger charge is -2.22. The molecule has 0 N–H and O–H groups in total. The average Bonchev–Trinajstić information content (AvgIpc) is 2.78. The van der Waals surface area contributed by atoms with Gasteiger partial charge in [0.05, 0.1) is 6.10 Å². The molecular weight excluding hydrogens is 384 g/mol.